The fourth-order valence-corrected chi connectivity index (χ4v) is 1.83. The third-order valence-electron chi connectivity index (χ3n) is 1.84. The molecule has 0 atom stereocenters. The molecule has 1 aliphatic rings. The molecule has 0 amide bonds. The molecule has 0 N–H and O–H groups in total. The number of hydrogen-bond donors (Lipinski definition) is 0. The molecule has 1 saturated carbocycles. The van der Waals surface area contributed by atoms with Crippen LogP contribution < -0.4 is 0 Å². The Kier molecular flexibility index (Phi) is 1.34. The second kappa shape index (κ2) is 2.09. The van der Waals surface area contributed by atoms with Gasteiger partial charge in [-0.2, -0.15) is 5.10 Å². The van der Waals surface area contributed by atoms with Crippen LogP contribution in [-0.2, 0) is 7.05 Å². The van der Waals surface area contributed by atoms with E-state index in [2.05, 4.69) is 27.2 Å². The fraction of sp³-hybridized carbons (Fsp3) is 0.571. The van der Waals surface area contributed by atoms with E-state index in [1.807, 2.05) is 11.7 Å². The normalized spacial score (nSPS) is 17.8. The number of rotatable bonds is 1. The van der Waals surface area contributed by atoms with Crippen LogP contribution in [0.3, 0.4) is 0 Å². The highest BCUT2D eigenvalue weighted by molar-refractivity contribution is 9.10. The summed E-state index contributed by atoms with van der Waals surface area (Å²) < 4.78 is 2.94. The Morgan fingerprint density at radius 2 is 2.40 bits per heavy atom. The van der Waals surface area contributed by atoms with Crippen molar-refractivity contribution < 1.29 is 0 Å². The SMILES string of the molecule is Cn1n[c]c(Br)c1C1CC1. The second-order valence-corrected chi connectivity index (χ2v) is 3.50. The van der Waals surface area contributed by atoms with E-state index in [4.69, 9.17) is 0 Å². The topological polar surface area (TPSA) is 17.8 Å². The standard InChI is InChI=1S/C7H8BrN2/c1-10-7(5-2-3-5)6(8)4-9-10/h5H,2-3H2,1H3. The van der Waals surface area contributed by atoms with Gasteiger partial charge in [-0.1, -0.05) is 0 Å². The van der Waals surface area contributed by atoms with Crippen LogP contribution in [0.4, 0.5) is 0 Å². The van der Waals surface area contributed by atoms with Crippen molar-refractivity contribution in [3.8, 4) is 0 Å². The molecule has 0 spiro atoms. The Hall–Kier alpha value is -0.310. The molecule has 1 aromatic rings. The molecule has 0 aromatic carbocycles. The molecular formula is C7H8BrN2. The third-order valence-corrected chi connectivity index (χ3v) is 2.42. The van der Waals surface area contributed by atoms with Crippen molar-refractivity contribution in [3.63, 3.8) is 0 Å². The zero-order chi connectivity index (χ0) is 7.14. The van der Waals surface area contributed by atoms with Crippen LogP contribution in [0.25, 0.3) is 0 Å². The molecule has 3 heteroatoms. The molecule has 1 radical (unpaired) electrons. The first kappa shape index (κ1) is 6.40. The average molecular weight is 200 g/mol. The van der Waals surface area contributed by atoms with Crippen molar-refractivity contribution in [3.05, 3.63) is 16.4 Å². The predicted molar refractivity (Wildman–Crippen MR) is 41.7 cm³/mol. The number of nitrogens with zero attached hydrogens (tertiary/aromatic N) is 2. The van der Waals surface area contributed by atoms with Gasteiger partial charge in [0.2, 0.25) is 0 Å². The van der Waals surface area contributed by atoms with E-state index in [9.17, 15) is 0 Å². The van der Waals surface area contributed by atoms with Gasteiger partial charge in [-0.15, -0.1) is 0 Å². The number of hydrogen-bond acceptors (Lipinski definition) is 1. The summed E-state index contributed by atoms with van der Waals surface area (Å²) >= 11 is 3.42. The van der Waals surface area contributed by atoms with Gasteiger partial charge in [-0.05, 0) is 28.8 Å². The van der Waals surface area contributed by atoms with Gasteiger partial charge >= 0.3 is 0 Å². The molecule has 10 heavy (non-hydrogen) atoms. The maximum Gasteiger partial charge on any atom is 0.128 e. The van der Waals surface area contributed by atoms with Crippen molar-refractivity contribution in [1.29, 1.82) is 0 Å². The summed E-state index contributed by atoms with van der Waals surface area (Å²) in [6.07, 6.45) is 5.51. The lowest BCUT2D eigenvalue weighted by Gasteiger charge is -1.97. The molecule has 1 fully saturated rings. The molecule has 0 saturated heterocycles. The molecule has 53 valence electrons. The van der Waals surface area contributed by atoms with Gasteiger partial charge in [0, 0.05) is 13.0 Å². The van der Waals surface area contributed by atoms with E-state index in [-0.39, 0.29) is 0 Å². The van der Waals surface area contributed by atoms with Crippen molar-refractivity contribution >= 4 is 15.9 Å². The van der Waals surface area contributed by atoms with Gasteiger partial charge < -0.3 is 0 Å². The molecular weight excluding hydrogens is 192 g/mol. The zero-order valence-corrected chi connectivity index (χ0v) is 7.35. The quantitative estimate of drug-likeness (QED) is 0.676. The van der Waals surface area contributed by atoms with Crippen LogP contribution in [0.1, 0.15) is 24.5 Å². The van der Waals surface area contributed by atoms with Crippen LogP contribution in [0, 0.1) is 6.20 Å². The van der Waals surface area contributed by atoms with Crippen LogP contribution in [0.15, 0.2) is 4.47 Å². The van der Waals surface area contributed by atoms with Crippen LogP contribution >= 0.6 is 15.9 Å². The fourth-order valence-electron chi connectivity index (χ4n) is 1.17. The maximum absolute atomic E-state index is 4.02. The minimum absolute atomic E-state index is 0.748. The van der Waals surface area contributed by atoms with E-state index in [0.717, 1.165) is 10.4 Å². The Labute approximate surface area is 68.4 Å². The first-order valence-electron chi connectivity index (χ1n) is 3.39. The summed E-state index contributed by atoms with van der Waals surface area (Å²) in [6.45, 7) is 0. The molecule has 0 aliphatic heterocycles. The van der Waals surface area contributed by atoms with E-state index in [1.54, 1.807) is 0 Å². The van der Waals surface area contributed by atoms with E-state index < -0.39 is 0 Å². The maximum atomic E-state index is 4.02. The lowest BCUT2D eigenvalue weighted by atomic mass is 10.3. The molecule has 1 heterocycles. The van der Waals surface area contributed by atoms with Gasteiger partial charge in [-0.25, -0.2) is 0 Å². The summed E-state index contributed by atoms with van der Waals surface area (Å²) in [7, 11) is 1.97. The molecule has 0 bridgehead atoms. The highest BCUT2D eigenvalue weighted by Crippen LogP contribution is 2.42. The number of halogens is 1. The van der Waals surface area contributed by atoms with Gasteiger partial charge in [0.1, 0.15) is 6.20 Å². The van der Waals surface area contributed by atoms with Crippen molar-refractivity contribution in [2.24, 2.45) is 7.05 Å². The minimum atomic E-state index is 0.748. The lowest BCUT2D eigenvalue weighted by Crippen LogP contribution is -1.95. The van der Waals surface area contributed by atoms with Gasteiger partial charge in [-0.3, -0.25) is 4.68 Å². The summed E-state index contributed by atoms with van der Waals surface area (Å²) in [5.41, 5.74) is 1.31. The first-order valence-corrected chi connectivity index (χ1v) is 4.18. The van der Waals surface area contributed by atoms with Crippen molar-refractivity contribution in [2.75, 3.05) is 0 Å². The molecule has 0 unspecified atom stereocenters. The largest absolute Gasteiger partial charge is 0.271 e. The molecule has 2 nitrogen and oxygen atoms in total. The highest BCUT2D eigenvalue weighted by atomic mass is 79.9. The smallest absolute Gasteiger partial charge is 0.128 e. The van der Waals surface area contributed by atoms with Crippen molar-refractivity contribution in [1.82, 2.24) is 9.78 Å². The van der Waals surface area contributed by atoms with Crippen molar-refractivity contribution in [2.45, 2.75) is 18.8 Å². The Balaban J connectivity index is 2.44. The number of aryl methyl sites for hydroxylation is 1. The van der Waals surface area contributed by atoms with Crippen LogP contribution in [0.5, 0.6) is 0 Å². The summed E-state index contributed by atoms with van der Waals surface area (Å²) in [5.74, 6) is 0.748. The number of aromatic nitrogens is 2. The highest BCUT2D eigenvalue weighted by Gasteiger charge is 2.28. The monoisotopic (exact) mass is 199 g/mol. The Morgan fingerprint density at radius 1 is 1.70 bits per heavy atom. The second-order valence-electron chi connectivity index (χ2n) is 2.71. The summed E-state index contributed by atoms with van der Waals surface area (Å²) in [4.78, 5) is 0. The zero-order valence-electron chi connectivity index (χ0n) is 5.76. The molecule has 1 aromatic heterocycles. The van der Waals surface area contributed by atoms with Gasteiger partial charge in [0.25, 0.3) is 0 Å². The lowest BCUT2D eigenvalue weighted by molar-refractivity contribution is 0.711. The molecule has 2 rings (SSSR count). The van der Waals surface area contributed by atoms with Gasteiger partial charge in [0.15, 0.2) is 0 Å². The minimum Gasteiger partial charge on any atom is -0.271 e. The van der Waals surface area contributed by atoms with Crippen LogP contribution in [-0.4, -0.2) is 9.78 Å². The van der Waals surface area contributed by atoms with Crippen LogP contribution in [0.2, 0.25) is 0 Å². The summed E-state index contributed by atoms with van der Waals surface area (Å²) in [5, 5.41) is 4.02. The van der Waals surface area contributed by atoms with E-state index in [0.29, 0.717) is 0 Å². The molecule has 1 aliphatic carbocycles. The predicted octanol–water partition coefficient (Wildman–Crippen LogP) is 1.86. The van der Waals surface area contributed by atoms with E-state index >= 15 is 0 Å². The Morgan fingerprint density at radius 3 is 2.80 bits per heavy atom. The third kappa shape index (κ3) is 0.888. The first-order chi connectivity index (χ1) is 4.79. The van der Waals surface area contributed by atoms with Gasteiger partial charge in [0.05, 0.1) is 10.2 Å². The average Bonchev–Trinajstić information content (AvgIpc) is 2.64. The Bertz CT molecular complexity index is 231. The summed E-state index contributed by atoms with van der Waals surface area (Å²) in [6, 6.07) is 0. The van der Waals surface area contributed by atoms with E-state index in [1.165, 1.54) is 18.5 Å².